The Morgan fingerprint density at radius 3 is 2.68 bits per heavy atom. The summed E-state index contributed by atoms with van der Waals surface area (Å²) in [5.41, 5.74) is 1.05. The summed E-state index contributed by atoms with van der Waals surface area (Å²) >= 11 is 0. The maximum Gasteiger partial charge on any atom is 0.350 e. The Hall–Kier alpha value is -2.61. The number of rotatable bonds is 4. The summed E-state index contributed by atoms with van der Waals surface area (Å²) in [7, 11) is 0. The van der Waals surface area contributed by atoms with E-state index in [0.717, 1.165) is 11.8 Å². The van der Waals surface area contributed by atoms with E-state index in [2.05, 4.69) is 10.1 Å². The summed E-state index contributed by atoms with van der Waals surface area (Å²) in [6.45, 7) is 3.61. The topological polar surface area (TPSA) is 79.2 Å². The quantitative estimate of drug-likeness (QED) is 0.506. The molecule has 1 aromatic rings. The van der Waals surface area contributed by atoms with Crippen LogP contribution in [0.25, 0.3) is 0 Å². The maximum atomic E-state index is 11.8. The Morgan fingerprint density at radius 1 is 1.42 bits per heavy atom. The van der Waals surface area contributed by atoms with Gasteiger partial charge in [0.1, 0.15) is 6.07 Å². The molecule has 5 nitrogen and oxygen atoms in total. The third-order valence-corrected chi connectivity index (χ3v) is 2.35. The number of hydrogen-bond donors (Lipinski definition) is 1. The summed E-state index contributed by atoms with van der Waals surface area (Å²) in [6, 6.07) is 8.70. The van der Waals surface area contributed by atoms with Crippen LogP contribution >= 0.6 is 0 Å². The number of nitrogens with one attached hydrogen (secondary N) is 1. The number of amides is 1. The lowest BCUT2D eigenvalue weighted by Crippen LogP contribution is -2.20. The standard InChI is InChI=1S/C14H14N2O3/c1-3-19-14(18)11(8-15)9-16-13(17)12-7-5-4-6-10(12)2/h4-7,9H,3H2,1-2H3,(H,16,17)/b11-9-. The lowest BCUT2D eigenvalue weighted by Gasteiger charge is -2.04. The van der Waals surface area contributed by atoms with Crippen molar-refractivity contribution in [1.82, 2.24) is 5.32 Å². The lowest BCUT2D eigenvalue weighted by atomic mass is 10.1. The largest absolute Gasteiger partial charge is 0.462 e. The first-order valence-electron chi connectivity index (χ1n) is 5.74. The second kappa shape index (κ2) is 6.97. The van der Waals surface area contributed by atoms with Gasteiger partial charge in [-0.2, -0.15) is 5.26 Å². The predicted octanol–water partition coefficient (Wildman–Crippen LogP) is 1.70. The van der Waals surface area contributed by atoms with Gasteiger partial charge in [-0.05, 0) is 25.5 Å². The molecule has 0 aromatic heterocycles. The van der Waals surface area contributed by atoms with Crippen molar-refractivity contribution in [2.75, 3.05) is 6.61 Å². The van der Waals surface area contributed by atoms with E-state index in [1.165, 1.54) is 0 Å². The van der Waals surface area contributed by atoms with E-state index in [9.17, 15) is 9.59 Å². The molecule has 0 saturated heterocycles. The molecule has 0 aliphatic carbocycles. The highest BCUT2D eigenvalue weighted by Gasteiger charge is 2.11. The van der Waals surface area contributed by atoms with Gasteiger partial charge in [-0.15, -0.1) is 0 Å². The molecular formula is C14H14N2O3. The smallest absolute Gasteiger partial charge is 0.350 e. The number of aryl methyl sites for hydroxylation is 1. The minimum atomic E-state index is -0.755. The number of esters is 1. The molecule has 0 bridgehead atoms. The van der Waals surface area contributed by atoms with E-state index >= 15 is 0 Å². The first kappa shape index (κ1) is 14.5. The molecule has 98 valence electrons. The number of carbonyl (C=O) groups is 2. The van der Waals surface area contributed by atoms with E-state index in [1.54, 1.807) is 38.1 Å². The van der Waals surface area contributed by atoms with E-state index < -0.39 is 5.97 Å². The molecule has 0 aliphatic heterocycles. The van der Waals surface area contributed by atoms with Crippen molar-refractivity contribution < 1.29 is 14.3 Å². The van der Waals surface area contributed by atoms with Gasteiger partial charge in [-0.1, -0.05) is 18.2 Å². The Bertz CT molecular complexity index is 556. The Labute approximate surface area is 111 Å². The molecule has 1 N–H and O–H groups in total. The van der Waals surface area contributed by atoms with Gasteiger partial charge in [0.15, 0.2) is 5.57 Å². The molecule has 0 unspecified atom stereocenters. The van der Waals surface area contributed by atoms with E-state index in [0.29, 0.717) is 5.56 Å². The van der Waals surface area contributed by atoms with Crippen LogP contribution in [0.2, 0.25) is 0 Å². The molecule has 1 amide bonds. The zero-order valence-corrected chi connectivity index (χ0v) is 10.8. The summed E-state index contributed by atoms with van der Waals surface area (Å²) < 4.78 is 4.68. The van der Waals surface area contributed by atoms with Gasteiger partial charge in [0.25, 0.3) is 5.91 Å². The van der Waals surface area contributed by atoms with Crippen LogP contribution in [0.4, 0.5) is 0 Å². The van der Waals surface area contributed by atoms with Crippen LogP contribution < -0.4 is 5.32 Å². The van der Waals surface area contributed by atoms with Crippen molar-refractivity contribution in [2.45, 2.75) is 13.8 Å². The molecule has 0 fully saturated rings. The molecule has 0 saturated carbocycles. The summed E-state index contributed by atoms with van der Waals surface area (Å²) in [5, 5.41) is 11.2. The number of hydrogen-bond acceptors (Lipinski definition) is 4. The van der Waals surface area contributed by atoms with Gasteiger partial charge in [-0.25, -0.2) is 4.79 Å². The third kappa shape index (κ3) is 3.96. The zero-order chi connectivity index (χ0) is 14.3. The van der Waals surface area contributed by atoms with Crippen molar-refractivity contribution in [1.29, 1.82) is 5.26 Å². The van der Waals surface area contributed by atoms with Crippen molar-refractivity contribution in [3.05, 3.63) is 47.2 Å². The van der Waals surface area contributed by atoms with Gasteiger partial charge in [-0.3, -0.25) is 4.79 Å². The lowest BCUT2D eigenvalue weighted by molar-refractivity contribution is -0.138. The van der Waals surface area contributed by atoms with E-state index in [-0.39, 0.29) is 18.1 Å². The Balaban J connectivity index is 2.80. The molecule has 5 heteroatoms. The van der Waals surface area contributed by atoms with E-state index in [1.807, 2.05) is 6.07 Å². The maximum absolute atomic E-state index is 11.8. The molecule has 0 atom stereocenters. The van der Waals surface area contributed by atoms with Crippen LogP contribution in [0.15, 0.2) is 36.0 Å². The molecule has 0 aliphatic rings. The zero-order valence-electron chi connectivity index (χ0n) is 10.8. The Kier molecular flexibility index (Phi) is 5.30. The molecule has 0 heterocycles. The van der Waals surface area contributed by atoms with Crippen LogP contribution in [0.5, 0.6) is 0 Å². The van der Waals surface area contributed by atoms with Crippen molar-refractivity contribution in [3.8, 4) is 6.07 Å². The third-order valence-electron chi connectivity index (χ3n) is 2.35. The monoisotopic (exact) mass is 258 g/mol. The van der Waals surface area contributed by atoms with Crippen LogP contribution in [-0.4, -0.2) is 18.5 Å². The van der Waals surface area contributed by atoms with Gasteiger partial charge < -0.3 is 10.1 Å². The van der Waals surface area contributed by atoms with Crippen molar-refractivity contribution in [3.63, 3.8) is 0 Å². The highest BCUT2D eigenvalue weighted by molar-refractivity contribution is 5.98. The van der Waals surface area contributed by atoms with Crippen molar-refractivity contribution >= 4 is 11.9 Å². The highest BCUT2D eigenvalue weighted by Crippen LogP contribution is 2.06. The minimum Gasteiger partial charge on any atom is -0.462 e. The van der Waals surface area contributed by atoms with Crippen molar-refractivity contribution in [2.24, 2.45) is 0 Å². The average molecular weight is 258 g/mol. The Morgan fingerprint density at radius 2 is 2.11 bits per heavy atom. The average Bonchev–Trinajstić information content (AvgIpc) is 2.40. The second-order valence-electron chi connectivity index (χ2n) is 3.68. The van der Waals surface area contributed by atoms with Gasteiger partial charge >= 0.3 is 5.97 Å². The number of benzene rings is 1. The number of carbonyl (C=O) groups excluding carboxylic acids is 2. The molecular weight excluding hydrogens is 244 g/mol. The van der Waals surface area contributed by atoms with Crippen LogP contribution in [0.1, 0.15) is 22.8 Å². The fraction of sp³-hybridized carbons (Fsp3) is 0.214. The van der Waals surface area contributed by atoms with Crippen LogP contribution in [0.3, 0.4) is 0 Å². The summed E-state index contributed by atoms with van der Waals surface area (Å²) in [4.78, 5) is 23.2. The van der Waals surface area contributed by atoms with Gasteiger partial charge in [0.05, 0.1) is 6.61 Å². The molecule has 1 rings (SSSR count). The summed E-state index contributed by atoms with van der Waals surface area (Å²) in [5.74, 6) is -1.13. The second-order valence-corrected chi connectivity index (χ2v) is 3.68. The summed E-state index contributed by atoms with van der Waals surface area (Å²) in [6.07, 6.45) is 1.06. The highest BCUT2D eigenvalue weighted by atomic mass is 16.5. The first-order valence-corrected chi connectivity index (χ1v) is 5.74. The van der Waals surface area contributed by atoms with Gasteiger partial charge in [0.2, 0.25) is 0 Å². The van der Waals surface area contributed by atoms with Gasteiger partial charge in [0, 0.05) is 11.8 Å². The molecule has 1 aromatic carbocycles. The minimum absolute atomic E-state index is 0.170. The number of ether oxygens (including phenoxy) is 1. The molecule has 0 radical (unpaired) electrons. The number of nitrogens with zero attached hydrogens (tertiary/aromatic N) is 1. The number of nitriles is 1. The van der Waals surface area contributed by atoms with Crippen LogP contribution in [0, 0.1) is 18.3 Å². The predicted molar refractivity (Wildman–Crippen MR) is 69.0 cm³/mol. The normalized spacial score (nSPS) is 10.5. The molecule has 19 heavy (non-hydrogen) atoms. The fourth-order valence-corrected chi connectivity index (χ4v) is 1.39. The van der Waals surface area contributed by atoms with E-state index in [4.69, 9.17) is 5.26 Å². The molecule has 0 spiro atoms. The first-order chi connectivity index (χ1) is 9.10. The van der Waals surface area contributed by atoms with Crippen LogP contribution in [-0.2, 0) is 9.53 Å². The fourth-order valence-electron chi connectivity index (χ4n) is 1.39. The SMILES string of the molecule is CCOC(=O)/C(C#N)=C\NC(=O)c1ccccc1C.